The minimum atomic E-state index is -0.757. The van der Waals surface area contributed by atoms with E-state index in [2.05, 4.69) is 29.3 Å². The van der Waals surface area contributed by atoms with Crippen molar-refractivity contribution in [2.24, 2.45) is 0 Å². The van der Waals surface area contributed by atoms with Gasteiger partial charge in [-0.3, -0.25) is 4.79 Å². The summed E-state index contributed by atoms with van der Waals surface area (Å²) in [5, 5.41) is 12.4. The normalized spacial score (nSPS) is 12.1. The van der Waals surface area contributed by atoms with Gasteiger partial charge < -0.3 is 15.3 Å². The number of carbonyl (C=O) groups is 1. The Morgan fingerprint density at radius 3 is 2.48 bits per heavy atom. The van der Waals surface area contributed by atoms with E-state index in [0.717, 1.165) is 38.9 Å². The molecule has 4 nitrogen and oxygen atoms in total. The van der Waals surface area contributed by atoms with Gasteiger partial charge in [0.15, 0.2) is 0 Å². The van der Waals surface area contributed by atoms with Gasteiger partial charge >= 0.3 is 5.97 Å². The van der Waals surface area contributed by atoms with E-state index in [1.54, 1.807) is 0 Å². The number of hydrogen-bond donors (Lipinski definition) is 2. The Kier molecular flexibility index (Phi) is 8.51. The molecule has 118 valence electrons. The smallest absolute Gasteiger partial charge is 0.320 e. The largest absolute Gasteiger partial charge is 0.480 e. The van der Waals surface area contributed by atoms with Gasteiger partial charge in [0.1, 0.15) is 6.04 Å². The van der Waals surface area contributed by atoms with Crippen molar-refractivity contribution < 1.29 is 9.90 Å². The van der Waals surface area contributed by atoms with Crippen molar-refractivity contribution in [1.82, 2.24) is 5.32 Å². The van der Waals surface area contributed by atoms with Crippen LogP contribution >= 0.6 is 0 Å². The quantitative estimate of drug-likeness (QED) is 0.658. The lowest BCUT2D eigenvalue weighted by molar-refractivity contribution is -0.139. The Balaban J connectivity index is 2.61. The average Bonchev–Trinajstić information content (AvgIpc) is 2.50. The van der Waals surface area contributed by atoms with E-state index >= 15 is 0 Å². The van der Waals surface area contributed by atoms with Gasteiger partial charge in [0.2, 0.25) is 0 Å². The Bertz CT molecular complexity index is 395. The van der Waals surface area contributed by atoms with Gasteiger partial charge in [0.05, 0.1) is 0 Å². The van der Waals surface area contributed by atoms with Gasteiger partial charge in [-0.15, -0.1) is 0 Å². The fourth-order valence-electron chi connectivity index (χ4n) is 2.27. The second-order valence-corrected chi connectivity index (χ2v) is 5.31. The SMILES string of the molecule is CCCCN(CCC(NCCC)C(=O)O)c1ccccc1. The summed E-state index contributed by atoms with van der Waals surface area (Å²) in [6.45, 7) is 6.70. The third-order valence-corrected chi connectivity index (χ3v) is 3.53. The summed E-state index contributed by atoms with van der Waals surface area (Å²) < 4.78 is 0. The molecular weight excluding hydrogens is 264 g/mol. The summed E-state index contributed by atoms with van der Waals surface area (Å²) in [5.41, 5.74) is 1.17. The molecule has 21 heavy (non-hydrogen) atoms. The Hall–Kier alpha value is -1.55. The highest BCUT2D eigenvalue weighted by atomic mass is 16.4. The van der Waals surface area contributed by atoms with Crippen molar-refractivity contribution in [3.8, 4) is 0 Å². The number of aliphatic carboxylic acids is 1. The van der Waals surface area contributed by atoms with Crippen molar-refractivity contribution in [1.29, 1.82) is 0 Å². The molecule has 0 saturated heterocycles. The van der Waals surface area contributed by atoms with E-state index in [4.69, 9.17) is 0 Å². The molecule has 0 aliphatic heterocycles. The zero-order valence-electron chi connectivity index (χ0n) is 13.2. The molecule has 0 amide bonds. The minimum Gasteiger partial charge on any atom is -0.480 e. The molecule has 1 atom stereocenters. The maximum atomic E-state index is 11.3. The molecule has 0 saturated carbocycles. The molecule has 4 heteroatoms. The monoisotopic (exact) mass is 292 g/mol. The first-order valence-corrected chi connectivity index (χ1v) is 7.95. The van der Waals surface area contributed by atoms with Crippen LogP contribution in [0.3, 0.4) is 0 Å². The van der Waals surface area contributed by atoms with E-state index in [1.165, 1.54) is 5.69 Å². The standard InChI is InChI=1S/C17H28N2O2/c1-3-5-13-19(15-9-7-6-8-10-15)14-11-16(17(20)21)18-12-4-2/h6-10,16,18H,3-5,11-14H2,1-2H3,(H,20,21). The Morgan fingerprint density at radius 1 is 1.19 bits per heavy atom. The third kappa shape index (κ3) is 6.63. The maximum absolute atomic E-state index is 11.3. The highest BCUT2D eigenvalue weighted by molar-refractivity contribution is 5.73. The van der Waals surface area contributed by atoms with Crippen LogP contribution in [0.4, 0.5) is 5.69 Å². The number of carboxylic acids is 1. The minimum absolute atomic E-state index is 0.460. The first-order chi connectivity index (χ1) is 10.2. The molecule has 0 fully saturated rings. The van der Waals surface area contributed by atoms with Crippen LogP contribution in [-0.2, 0) is 4.79 Å². The molecule has 0 heterocycles. The predicted molar refractivity (Wildman–Crippen MR) is 87.9 cm³/mol. The Labute approximate surface area is 128 Å². The fraction of sp³-hybridized carbons (Fsp3) is 0.588. The van der Waals surface area contributed by atoms with Gasteiger partial charge in [-0.1, -0.05) is 38.5 Å². The molecule has 0 aliphatic rings. The van der Waals surface area contributed by atoms with Crippen LogP contribution in [0, 0.1) is 0 Å². The summed E-state index contributed by atoms with van der Waals surface area (Å²) in [6, 6.07) is 9.77. The first-order valence-electron chi connectivity index (χ1n) is 7.95. The number of carboxylic acid groups (broad SMARTS) is 1. The molecular formula is C17H28N2O2. The number of hydrogen-bond acceptors (Lipinski definition) is 3. The number of nitrogens with one attached hydrogen (secondary N) is 1. The number of para-hydroxylation sites is 1. The summed E-state index contributed by atoms with van der Waals surface area (Å²) in [6.07, 6.45) is 3.82. The molecule has 1 rings (SSSR count). The maximum Gasteiger partial charge on any atom is 0.320 e. The van der Waals surface area contributed by atoms with E-state index in [0.29, 0.717) is 6.42 Å². The molecule has 1 unspecified atom stereocenters. The van der Waals surface area contributed by atoms with Crippen molar-refractivity contribution in [2.75, 3.05) is 24.5 Å². The summed E-state index contributed by atoms with van der Waals surface area (Å²) in [7, 11) is 0. The third-order valence-electron chi connectivity index (χ3n) is 3.53. The lowest BCUT2D eigenvalue weighted by atomic mass is 10.1. The summed E-state index contributed by atoms with van der Waals surface area (Å²) >= 11 is 0. The first kappa shape index (κ1) is 17.5. The number of benzene rings is 1. The predicted octanol–water partition coefficient (Wildman–Crippen LogP) is 3.14. The van der Waals surface area contributed by atoms with Crippen molar-refractivity contribution >= 4 is 11.7 Å². The fourth-order valence-corrected chi connectivity index (χ4v) is 2.27. The lowest BCUT2D eigenvalue weighted by Crippen LogP contribution is -2.40. The van der Waals surface area contributed by atoms with Crippen LogP contribution in [0.15, 0.2) is 30.3 Å². The zero-order chi connectivity index (χ0) is 15.5. The van der Waals surface area contributed by atoms with Gasteiger partial charge in [0, 0.05) is 18.8 Å². The van der Waals surface area contributed by atoms with E-state index in [-0.39, 0.29) is 0 Å². The Morgan fingerprint density at radius 2 is 1.90 bits per heavy atom. The molecule has 0 spiro atoms. The molecule has 1 aromatic carbocycles. The highest BCUT2D eigenvalue weighted by Gasteiger charge is 2.17. The van der Waals surface area contributed by atoms with Crippen LogP contribution < -0.4 is 10.2 Å². The van der Waals surface area contributed by atoms with Gasteiger partial charge in [-0.25, -0.2) is 0 Å². The summed E-state index contributed by atoms with van der Waals surface area (Å²) in [5.74, 6) is -0.757. The van der Waals surface area contributed by atoms with Crippen LogP contribution in [-0.4, -0.2) is 36.8 Å². The van der Waals surface area contributed by atoms with Crippen molar-refractivity contribution in [2.45, 2.75) is 45.6 Å². The van der Waals surface area contributed by atoms with Gasteiger partial charge in [0.25, 0.3) is 0 Å². The van der Waals surface area contributed by atoms with Crippen LogP contribution in [0.2, 0.25) is 0 Å². The summed E-state index contributed by atoms with van der Waals surface area (Å²) in [4.78, 5) is 13.6. The molecule has 0 radical (unpaired) electrons. The van der Waals surface area contributed by atoms with E-state index in [9.17, 15) is 9.90 Å². The lowest BCUT2D eigenvalue weighted by Gasteiger charge is -2.26. The molecule has 0 bridgehead atoms. The topological polar surface area (TPSA) is 52.6 Å². The van der Waals surface area contributed by atoms with Gasteiger partial charge in [-0.05, 0) is 37.9 Å². The number of unbranched alkanes of at least 4 members (excludes halogenated alkanes) is 1. The van der Waals surface area contributed by atoms with Crippen molar-refractivity contribution in [3.63, 3.8) is 0 Å². The van der Waals surface area contributed by atoms with Gasteiger partial charge in [-0.2, -0.15) is 0 Å². The zero-order valence-corrected chi connectivity index (χ0v) is 13.2. The van der Waals surface area contributed by atoms with Crippen LogP contribution in [0.1, 0.15) is 39.5 Å². The number of nitrogens with zero attached hydrogens (tertiary/aromatic N) is 1. The second kappa shape index (κ2) is 10.2. The van der Waals surface area contributed by atoms with E-state index in [1.807, 2.05) is 25.1 Å². The molecule has 0 aliphatic carbocycles. The average molecular weight is 292 g/mol. The van der Waals surface area contributed by atoms with Crippen LogP contribution in [0.25, 0.3) is 0 Å². The van der Waals surface area contributed by atoms with Crippen LogP contribution in [0.5, 0.6) is 0 Å². The van der Waals surface area contributed by atoms with E-state index < -0.39 is 12.0 Å². The number of rotatable bonds is 11. The second-order valence-electron chi connectivity index (χ2n) is 5.31. The molecule has 1 aromatic rings. The molecule has 2 N–H and O–H groups in total. The molecule has 0 aromatic heterocycles. The number of anilines is 1. The van der Waals surface area contributed by atoms with Crippen molar-refractivity contribution in [3.05, 3.63) is 30.3 Å². The highest BCUT2D eigenvalue weighted by Crippen LogP contribution is 2.15.